The van der Waals surface area contributed by atoms with E-state index in [0.29, 0.717) is 6.54 Å². The minimum absolute atomic E-state index is 0.164. The Morgan fingerprint density at radius 2 is 2.25 bits per heavy atom. The van der Waals surface area contributed by atoms with Crippen molar-refractivity contribution >= 4 is 22.5 Å². The Kier molecular flexibility index (Phi) is 1.77. The van der Waals surface area contributed by atoms with Crippen LogP contribution < -0.4 is 5.32 Å². The molecule has 3 heteroatoms. The van der Waals surface area contributed by atoms with Crippen molar-refractivity contribution in [2.75, 3.05) is 11.9 Å². The number of halogens is 1. The zero-order valence-corrected chi connectivity index (χ0v) is 7.14. The predicted molar refractivity (Wildman–Crippen MR) is 48.5 cm³/mol. The van der Waals surface area contributed by atoms with Crippen molar-refractivity contribution in [1.29, 1.82) is 0 Å². The maximum atomic E-state index is 10.9. The Hall–Kier alpha value is -1.02. The molecule has 1 aliphatic rings. The summed E-state index contributed by atoms with van der Waals surface area (Å²) < 4.78 is 0. The van der Waals surface area contributed by atoms with Gasteiger partial charge in [-0.2, -0.15) is 0 Å². The Balaban J connectivity index is 2.42. The number of benzene rings is 1. The van der Waals surface area contributed by atoms with Gasteiger partial charge in [0.25, 0.3) is 0 Å². The molecule has 2 rings (SSSR count). The van der Waals surface area contributed by atoms with E-state index in [1.165, 1.54) is 0 Å². The highest BCUT2D eigenvalue weighted by molar-refractivity contribution is 6.64. The first kappa shape index (κ1) is 7.62. The van der Waals surface area contributed by atoms with Crippen molar-refractivity contribution in [1.82, 2.24) is 0 Å². The average molecular weight is 182 g/mol. The molecule has 0 aromatic heterocycles. The van der Waals surface area contributed by atoms with Crippen LogP contribution in [0.1, 0.15) is 11.5 Å². The molecule has 0 spiro atoms. The average Bonchev–Trinajstić information content (AvgIpc) is 2.47. The minimum Gasteiger partial charge on any atom is -0.384 e. The van der Waals surface area contributed by atoms with Crippen LogP contribution in [-0.2, 0) is 4.79 Å². The molecule has 1 aromatic carbocycles. The van der Waals surface area contributed by atoms with Crippen molar-refractivity contribution in [2.45, 2.75) is 5.92 Å². The highest BCUT2D eigenvalue weighted by atomic mass is 35.5. The summed E-state index contributed by atoms with van der Waals surface area (Å²) in [5.74, 6) is -0.164. The lowest BCUT2D eigenvalue weighted by atomic mass is 10.0. The molecular formula is C9H8ClNO. The van der Waals surface area contributed by atoms with Gasteiger partial charge in [-0.15, -0.1) is 0 Å². The Bertz CT molecular complexity index is 324. The molecule has 0 fully saturated rings. The van der Waals surface area contributed by atoms with Crippen LogP contribution in [0.3, 0.4) is 0 Å². The molecule has 1 aliphatic heterocycles. The first-order valence-electron chi connectivity index (χ1n) is 3.81. The van der Waals surface area contributed by atoms with Crippen LogP contribution in [0.25, 0.3) is 0 Å². The summed E-state index contributed by atoms with van der Waals surface area (Å²) >= 11 is 5.43. The van der Waals surface area contributed by atoms with Gasteiger partial charge in [-0.25, -0.2) is 0 Å². The van der Waals surface area contributed by atoms with Crippen LogP contribution in [0.2, 0.25) is 0 Å². The fourth-order valence-electron chi connectivity index (χ4n) is 1.49. The number of nitrogens with one attached hydrogen (secondary N) is 1. The fourth-order valence-corrected chi connectivity index (χ4v) is 1.68. The molecule has 1 heterocycles. The standard InChI is InChI=1S/C9H8ClNO/c10-9(12)7-5-11-8-4-2-1-3-6(7)8/h1-4,7,11H,5H2. The highest BCUT2D eigenvalue weighted by Crippen LogP contribution is 2.32. The Labute approximate surface area is 75.5 Å². The van der Waals surface area contributed by atoms with Gasteiger partial charge >= 0.3 is 0 Å². The smallest absolute Gasteiger partial charge is 0.230 e. The zero-order valence-electron chi connectivity index (χ0n) is 6.38. The lowest BCUT2D eigenvalue weighted by Crippen LogP contribution is -2.08. The van der Waals surface area contributed by atoms with Gasteiger partial charge in [0.1, 0.15) is 0 Å². The minimum atomic E-state index is -0.285. The molecule has 1 unspecified atom stereocenters. The topological polar surface area (TPSA) is 29.1 Å². The molecule has 1 atom stereocenters. The first-order valence-corrected chi connectivity index (χ1v) is 4.19. The predicted octanol–water partition coefficient (Wildman–Crippen LogP) is 1.96. The quantitative estimate of drug-likeness (QED) is 0.672. The monoisotopic (exact) mass is 181 g/mol. The van der Waals surface area contributed by atoms with E-state index >= 15 is 0 Å². The van der Waals surface area contributed by atoms with Gasteiger partial charge in [0, 0.05) is 12.2 Å². The zero-order chi connectivity index (χ0) is 8.55. The van der Waals surface area contributed by atoms with E-state index in [2.05, 4.69) is 5.32 Å². The van der Waals surface area contributed by atoms with Crippen molar-refractivity contribution in [3.63, 3.8) is 0 Å². The van der Waals surface area contributed by atoms with Crippen LogP contribution in [0.4, 0.5) is 5.69 Å². The molecule has 0 amide bonds. The number of hydrogen-bond acceptors (Lipinski definition) is 2. The number of hydrogen-bond donors (Lipinski definition) is 1. The number of carbonyl (C=O) groups excluding carboxylic acids is 1. The van der Waals surface area contributed by atoms with Crippen LogP contribution >= 0.6 is 11.6 Å². The van der Waals surface area contributed by atoms with E-state index < -0.39 is 0 Å². The number of anilines is 1. The second-order valence-electron chi connectivity index (χ2n) is 2.82. The van der Waals surface area contributed by atoms with Gasteiger partial charge in [0.05, 0.1) is 5.92 Å². The number of rotatable bonds is 1. The number of para-hydroxylation sites is 1. The molecule has 2 nitrogen and oxygen atoms in total. The van der Waals surface area contributed by atoms with Gasteiger partial charge in [-0.1, -0.05) is 18.2 Å². The summed E-state index contributed by atoms with van der Waals surface area (Å²) in [5, 5.41) is 2.84. The lowest BCUT2D eigenvalue weighted by molar-refractivity contribution is -0.112. The SMILES string of the molecule is O=C(Cl)C1CNc2ccccc21. The van der Waals surface area contributed by atoms with Gasteiger partial charge in [-0.05, 0) is 23.2 Å². The molecule has 12 heavy (non-hydrogen) atoms. The maximum absolute atomic E-state index is 10.9. The van der Waals surface area contributed by atoms with Gasteiger partial charge < -0.3 is 5.32 Å². The Morgan fingerprint density at radius 3 is 3.00 bits per heavy atom. The molecule has 0 saturated carbocycles. The number of fused-ring (bicyclic) bond motifs is 1. The summed E-state index contributed by atoms with van der Waals surface area (Å²) in [4.78, 5) is 10.9. The lowest BCUT2D eigenvalue weighted by Gasteiger charge is -2.01. The summed E-state index contributed by atoms with van der Waals surface area (Å²) in [6.45, 7) is 0.627. The number of carbonyl (C=O) groups is 1. The van der Waals surface area contributed by atoms with E-state index in [1.54, 1.807) is 0 Å². The van der Waals surface area contributed by atoms with Crippen LogP contribution in [0.15, 0.2) is 24.3 Å². The molecule has 0 saturated heterocycles. The molecule has 1 N–H and O–H groups in total. The summed E-state index contributed by atoms with van der Waals surface area (Å²) in [7, 11) is 0. The molecule has 0 aliphatic carbocycles. The summed E-state index contributed by atoms with van der Waals surface area (Å²) in [6, 6.07) is 7.74. The normalized spacial score (nSPS) is 19.9. The van der Waals surface area contributed by atoms with Crippen molar-refractivity contribution in [2.24, 2.45) is 0 Å². The Morgan fingerprint density at radius 1 is 1.50 bits per heavy atom. The molecule has 0 bridgehead atoms. The maximum Gasteiger partial charge on any atom is 0.230 e. The van der Waals surface area contributed by atoms with Crippen molar-refractivity contribution in [3.8, 4) is 0 Å². The highest BCUT2D eigenvalue weighted by Gasteiger charge is 2.26. The van der Waals surface area contributed by atoms with E-state index in [9.17, 15) is 4.79 Å². The van der Waals surface area contributed by atoms with E-state index in [1.807, 2.05) is 24.3 Å². The van der Waals surface area contributed by atoms with Crippen LogP contribution in [-0.4, -0.2) is 11.8 Å². The second kappa shape index (κ2) is 2.79. The third kappa shape index (κ3) is 1.08. The largest absolute Gasteiger partial charge is 0.384 e. The van der Waals surface area contributed by atoms with Crippen LogP contribution in [0.5, 0.6) is 0 Å². The third-order valence-corrected chi connectivity index (χ3v) is 2.37. The molecular weight excluding hydrogens is 174 g/mol. The van der Waals surface area contributed by atoms with Crippen molar-refractivity contribution in [3.05, 3.63) is 29.8 Å². The van der Waals surface area contributed by atoms with Gasteiger partial charge in [0.2, 0.25) is 5.24 Å². The summed E-state index contributed by atoms with van der Waals surface area (Å²) in [5.41, 5.74) is 2.04. The van der Waals surface area contributed by atoms with E-state index in [4.69, 9.17) is 11.6 Å². The van der Waals surface area contributed by atoms with E-state index in [0.717, 1.165) is 11.3 Å². The van der Waals surface area contributed by atoms with Gasteiger partial charge in [0.15, 0.2) is 0 Å². The van der Waals surface area contributed by atoms with Crippen LogP contribution in [0, 0.1) is 0 Å². The van der Waals surface area contributed by atoms with E-state index in [-0.39, 0.29) is 11.2 Å². The third-order valence-electron chi connectivity index (χ3n) is 2.11. The van der Waals surface area contributed by atoms with Crippen molar-refractivity contribution < 1.29 is 4.79 Å². The molecule has 1 aromatic rings. The van der Waals surface area contributed by atoms with Gasteiger partial charge in [-0.3, -0.25) is 4.79 Å². The molecule has 0 radical (unpaired) electrons. The molecule has 62 valence electrons. The summed E-state index contributed by atoms with van der Waals surface area (Å²) in [6.07, 6.45) is 0. The first-order chi connectivity index (χ1) is 5.79. The second-order valence-corrected chi connectivity index (χ2v) is 3.20. The fraction of sp³-hybridized carbons (Fsp3) is 0.222.